The number of hydrogen-bond donors (Lipinski definition) is 2. The summed E-state index contributed by atoms with van der Waals surface area (Å²) in [5.74, 6) is -1.95. The Bertz CT molecular complexity index is 1230. The molecule has 5 atom stereocenters. The lowest BCUT2D eigenvalue weighted by Gasteiger charge is -2.40. The first-order valence-electron chi connectivity index (χ1n) is 11.0. The number of fused-ring (bicyclic) bond motifs is 2. The van der Waals surface area contributed by atoms with Crippen LogP contribution < -0.4 is 5.32 Å². The zero-order chi connectivity index (χ0) is 25.0. The Hall–Kier alpha value is -2.10. The van der Waals surface area contributed by atoms with Crippen molar-refractivity contribution in [3.8, 4) is 0 Å². The first kappa shape index (κ1) is 25.0. The van der Waals surface area contributed by atoms with E-state index < -0.39 is 44.4 Å². The van der Waals surface area contributed by atoms with E-state index in [4.69, 9.17) is 11.6 Å². The largest absolute Gasteiger partial charge is 0.390 e. The molecule has 2 N–H and O–H groups in total. The molecule has 5 nitrogen and oxygen atoms in total. The third kappa shape index (κ3) is 4.33. The number of sulfone groups is 1. The summed E-state index contributed by atoms with van der Waals surface area (Å²) < 4.78 is 66.5. The molecule has 34 heavy (non-hydrogen) atoms. The molecule has 2 fully saturated rings. The summed E-state index contributed by atoms with van der Waals surface area (Å²) in [6.45, 7) is 3.78. The SMILES string of the molecule is C[C@H]1CC2CC(S(=O)(=O)c3cc(C(=O)Nc4ccc(F)c(C(F)F)c4)ccc3Cl)CC1[C@]2(C)O. The van der Waals surface area contributed by atoms with Crippen molar-refractivity contribution in [1.29, 1.82) is 0 Å². The fourth-order valence-electron chi connectivity index (χ4n) is 5.52. The number of nitrogens with one attached hydrogen (secondary N) is 1. The molecule has 0 aliphatic heterocycles. The van der Waals surface area contributed by atoms with Crippen molar-refractivity contribution in [2.75, 3.05) is 5.32 Å². The maximum absolute atomic E-state index is 13.5. The molecule has 0 radical (unpaired) electrons. The smallest absolute Gasteiger partial charge is 0.266 e. The molecule has 0 aromatic heterocycles. The van der Waals surface area contributed by atoms with E-state index in [9.17, 15) is 31.5 Å². The molecule has 2 bridgehead atoms. The summed E-state index contributed by atoms with van der Waals surface area (Å²) in [6.07, 6.45) is -1.71. The highest BCUT2D eigenvalue weighted by molar-refractivity contribution is 7.92. The highest BCUT2D eigenvalue weighted by Crippen LogP contribution is 2.54. The van der Waals surface area contributed by atoms with Crippen molar-refractivity contribution in [2.24, 2.45) is 17.8 Å². The lowest BCUT2D eigenvalue weighted by Crippen LogP contribution is -2.46. The van der Waals surface area contributed by atoms with Gasteiger partial charge in [0.1, 0.15) is 5.82 Å². The minimum atomic E-state index is -3.92. The van der Waals surface area contributed by atoms with Gasteiger partial charge in [-0.25, -0.2) is 21.6 Å². The fourth-order valence-corrected chi connectivity index (χ4v) is 7.90. The Morgan fingerprint density at radius 3 is 2.53 bits per heavy atom. The first-order valence-corrected chi connectivity index (χ1v) is 12.9. The van der Waals surface area contributed by atoms with Crippen molar-refractivity contribution in [3.05, 3.63) is 58.4 Å². The minimum absolute atomic E-state index is 0.0314. The molecule has 0 saturated heterocycles. The number of halogens is 4. The molecule has 2 aromatic carbocycles. The quantitative estimate of drug-likeness (QED) is 0.540. The number of alkyl halides is 2. The Kier molecular flexibility index (Phi) is 6.50. The Labute approximate surface area is 201 Å². The van der Waals surface area contributed by atoms with Crippen LogP contribution in [-0.2, 0) is 9.84 Å². The molecule has 0 heterocycles. The molecule has 184 valence electrons. The standard InChI is InChI=1S/C24H25ClF3NO4S/c1-12-7-14-9-16(11-18(12)24(14,2)31)34(32,33)21-8-13(3-5-19(21)25)23(30)29-15-4-6-20(26)17(10-15)22(27)28/h3-6,8,10,12,14,16,18,22,31H,7,9,11H2,1-2H3,(H,29,30)/t12-,14?,16?,18?,24+/m0/s1. The van der Waals surface area contributed by atoms with Crippen LogP contribution in [0.1, 0.15) is 55.5 Å². The van der Waals surface area contributed by atoms with E-state index in [1.807, 2.05) is 6.92 Å². The summed E-state index contributed by atoms with van der Waals surface area (Å²) >= 11 is 6.23. The van der Waals surface area contributed by atoms with Gasteiger partial charge in [-0.05, 0) is 80.3 Å². The number of hydrogen-bond acceptors (Lipinski definition) is 4. The zero-order valence-electron chi connectivity index (χ0n) is 18.6. The van der Waals surface area contributed by atoms with Crippen LogP contribution in [-0.4, -0.2) is 30.3 Å². The van der Waals surface area contributed by atoms with Crippen LogP contribution in [0.4, 0.5) is 18.9 Å². The Morgan fingerprint density at radius 2 is 1.88 bits per heavy atom. The van der Waals surface area contributed by atoms with Gasteiger partial charge in [-0.1, -0.05) is 18.5 Å². The molecule has 2 aliphatic rings. The van der Waals surface area contributed by atoms with E-state index in [1.54, 1.807) is 6.92 Å². The van der Waals surface area contributed by atoms with Gasteiger partial charge in [0.05, 0.1) is 26.3 Å². The second kappa shape index (κ2) is 8.84. The average molecular weight is 516 g/mol. The highest BCUT2D eigenvalue weighted by atomic mass is 35.5. The molecular weight excluding hydrogens is 491 g/mol. The van der Waals surface area contributed by atoms with E-state index in [-0.39, 0.29) is 38.9 Å². The van der Waals surface area contributed by atoms with Gasteiger partial charge in [0.2, 0.25) is 0 Å². The average Bonchev–Trinajstić information content (AvgIpc) is 2.88. The zero-order valence-corrected chi connectivity index (χ0v) is 20.1. The Morgan fingerprint density at radius 1 is 1.18 bits per heavy atom. The number of amides is 1. The maximum atomic E-state index is 13.5. The highest BCUT2D eigenvalue weighted by Gasteiger charge is 2.56. The van der Waals surface area contributed by atoms with Gasteiger partial charge >= 0.3 is 0 Å². The van der Waals surface area contributed by atoms with Gasteiger partial charge in [-0.2, -0.15) is 0 Å². The molecule has 3 unspecified atom stereocenters. The third-order valence-electron chi connectivity index (χ3n) is 7.41. The van der Waals surface area contributed by atoms with E-state index in [0.29, 0.717) is 12.8 Å². The van der Waals surface area contributed by atoms with Crippen LogP contribution in [0.15, 0.2) is 41.3 Å². The Balaban J connectivity index is 1.60. The topological polar surface area (TPSA) is 83.5 Å². The summed E-state index contributed by atoms with van der Waals surface area (Å²) in [5, 5.41) is 12.5. The molecule has 2 aromatic rings. The molecule has 2 saturated carbocycles. The normalized spacial score (nSPS) is 28.8. The number of rotatable bonds is 5. The van der Waals surface area contributed by atoms with Gasteiger partial charge in [-0.15, -0.1) is 0 Å². The molecule has 1 amide bonds. The molecule has 0 spiro atoms. The molecule has 10 heteroatoms. The summed E-state index contributed by atoms with van der Waals surface area (Å²) in [5.41, 5.74) is -1.86. The number of carbonyl (C=O) groups excluding carboxylic acids is 1. The maximum Gasteiger partial charge on any atom is 0.266 e. The predicted molar refractivity (Wildman–Crippen MR) is 122 cm³/mol. The number of benzene rings is 2. The van der Waals surface area contributed by atoms with Crippen molar-refractivity contribution in [2.45, 2.75) is 55.3 Å². The summed E-state index contributed by atoms with van der Waals surface area (Å²) in [6, 6.07) is 6.58. The first-order chi connectivity index (χ1) is 15.8. The van der Waals surface area contributed by atoms with Gasteiger partial charge in [0, 0.05) is 11.3 Å². The van der Waals surface area contributed by atoms with E-state index >= 15 is 0 Å². The van der Waals surface area contributed by atoms with Gasteiger partial charge < -0.3 is 10.4 Å². The van der Waals surface area contributed by atoms with Crippen molar-refractivity contribution >= 4 is 33.0 Å². The minimum Gasteiger partial charge on any atom is -0.390 e. The van der Waals surface area contributed by atoms with Crippen LogP contribution in [0.2, 0.25) is 5.02 Å². The van der Waals surface area contributed by atoms with Crippen LogP contribution in [0.5, 0.6) is 0 Å². The van der Waals surface area contributed by atoms with Crippen LogP contribution in [0.25, 0.3) is 0 Å². The summed E-state index contributed by atoms with van der Waals surface area (Å²) in [4.78, 5) is 12.5. The molecular formula is C24H25ClF3NO4S. The van der Waals surface area contributed by atoms with Gasteiger partial charge in [0.15, 0.2) is 9.84 Å². The monoisotopic (exact) mass is 515 g/mol. The van der Waals surface area contributed by atoms with Gasteiger partial charge in [-0.3, -0.25) is 4.79 Å². The third-order valence-corrected chi connectivity index (χ3v) is 10.1. The van der Waals surface area contributed by atoms with Crippen molar-refractivity contribution in [3.63, 3.8) is 0 Å². The second-order valence-corrected chi connectivity index (χ2v) is 12.1. The molecule has 2 aliphatic carbocycles. The second-order valence-electron chi connectivity index (χ2n) is 9.52. The number of aliphatic hydroxyl groups is 1. The van der Waals surface area contributed by atoms with Crippen molar-refractivity contribution in [1.82, 2.24) is 0 Å². The number of anilines is 1. The summed E-state index contributed by atoms with van der Waals surface area (Å²) in [7, 11) is -3.92. The van der Waals surface area contributed by atoms with Gasteiger partial charge in [0.25, 0.3) is 12.3 Å². The molecule has 4 rings (SSSR count). The van der Waals surface area contributed by atoms with Crippen LogP contribution in [0, 0.1) is 23.6 Å². The number of carbonyl (C=O) groups is 1. The van der Waals surface area contributed by atoms with E-state index in [0.717, 1.165) is 24.6 Å². The van der Waals surface area contributed by atoms with E-state index in [2.05, 4.69) is 5.32 Å². The van der Waals surface area contributed by atoms with Crippen LogP contribution in [0.3, 0.4) is 0 Å². The van der Waals surface area contributed by atoms with Crippen LogP contribution >= 0.6 is 11.6 Å². The lowest BCUT2D eigenvalue weighted by molar-refractivity contribution is -0.0466. The van der Waals surface area contributed by atoms with Crippen molar-refractivity contribution < 1.29 is 31.5 Å². The van der Waals surface area contributed by atoms with E-state index in [1.165, 1.54) is 18.2 Å². The lowest BCUT2D eigenvalue weighted by atomic mass is 9.74. The predicted octanol–water partition coefficient (Wildman–Crippen LogP) is 5.63. The fraction of sp³-hybridized carbons (Fsp3) is 0.458.